The van der Waals surface area contributed by atoms with Crippen LogP contribution in [-0.2, 0) is 15.6 Å². The minimum Gasteiger partial charge on any atom is -0.356 e. The third-order valence-corrected chi connectivity index (χ3v) is 2.55. The van der Waals surface area contributed by atoms with Crippen molar-refractivity contribution in [1.29, 1.82) is 0 Å². The molecule has 0 aliphatic heterocycles. The Morgan fingerprint density at radius 1 is 1.36 bits per heavy atom. The molecule has 0 saturated carbocycles. The second-order valence-electron chi connectivity index (χ2n) is 3.08. The van der Waals surface area contributed by atoms with E-state index in [1.54, 1.807) is 6.26 Å². The molecule has 0 aromatic heterocycles. The lowest BCUT2D eigenvalue weighted by Crippen LogP contribution is -2.28. The Balaban J connectivity index is 3.13. The van der Waals surface area contributed by atoms with Crippen LogP contribution in [0.5, 0.6) is 0 Å². The molecular formula is C9H20N2O2S. The van der Waals surface area contributed by atoms with Crippen LogP contribution in [0.4, 0.5) is 0 Å². The number of hydrogen-bond acceptors (Lipinski definition) is 3. The first-order valence-corrected chi connectivity index (χ1v) is 6.67. The Hall–Kier alpha value is -0.420. The minimum atomic E-state index is -0.702. The summed E-state index contributed by atoms with van der Waals surface area (Å²) < 4.78 is 10.7. The average molecular weight is 220 g/mol. The summed E-state index contributed by atoms with van der Waals surface area (Å²) in [7, 11) is -0.702. The lowest BCUT2D eigenvalue weighted by molar-refractivity contribution is -0.120. The standard InChI is InChI=1S/C9H20N2O2S/c1-3-11-9(12)5-7-10-6-4-8-14(2)13/h10H,3-8H2,1-2H3,(H,11,12). The van der Waals surface area contributed by atoms with Gasteiger partial charge in [0.15, 0.2) is 0 Å². The Morgan fingerprint density at radius 3 is 2.64 bits per heavy atom. The molecule has 0 aliphatic rings. The second-order valence-corrected chi connectivity index (χ2v) is 4.64. The monoisotopic (exact) mass is 220 g/mol. The molecule has 1 atom stereocenters. The Morgan fingerprint density at radius 2 is 2.07 bits per heavy atom. The van der Waals surface area contributed by atoms with Gasteiger partial charge in [-0.15, -0.1) is 0 Å². The molecule has 2 N–H and O–H groups in total. The summed E-state index contributed by atoms with van der Waals surface area (Å²) in [6.45, 7) is 4.12. The van der Waals surface area contributed by atoms with E-state index in [4.69, 9.17) is 0 Å². The van der Waals surface area contributed by atoms with E-state index in [1.165, 1.54) is 0 Å². The fourth-order valence-electron chi connectivity index (χ4n) is 1.01. The molecule has 5 heteroatoms. The van der Waals surface area contributed by atoms with Gasteiger partial charge < -0.3 is 10.6 Å². The smallest absolute Gasteiger partial charge is 0.221 e. The minimum absolute atomic E-state index is 0.0825. The molecule has 0 saturated heterocycles. The third kappa shape index (κ3) is 9.67. The van der Waals surface area contributed by atoms with Gasteiger partial charge in [-0.3, -0.25) is 9.00 Å². The van der Waals surface area contributed by atoms with Crippen LogP contribution in [0.3, 0.4) is 0 Å². The molecule has 0 aromatic carbocycles. The van der Waals surface area contributed by atoms with Gasteiger partial charge in [0.05, 0.1) is 0 Å². The Labute approximate surface area is 88.3 Å². The largest absolute Gasteiger partial charge is 0.356 e. The van der Waals surface area contributed by atoms with E-state index in [-0.39, 0.29) is 5.91 Å². The SMILES string of the molecule is CCNC(=O)CCNCCCS(C)=O. The highest BCUT2D eigenvalue weighted by Gasteiger charge is 1.97. The van der Waals surface area contributed by atoms with E-state index in [1.807, 2.05) is 6.92 Å². The maximum Gasteiger partial charge on any atom is 0.221 e. The Bertz CT molecular complexity index is 186. The lowest BCUT2D eigenvalue weighted by Gasteiger charge is -2.03. The summed E-state index contributed by atoms with van der Waals surface area (Å²) in [5.74, 6) is 0.813. The van der Waals surface area contributed by atoms with Crippen LogP contribution in [0, 0.1) is 0 Å². The number of rotatable bonds is 8. The van der Waals surface area contributed by atoms with Gasteiger partial charge >= 0.3 is 0 Å². The van der Waals surface area contributed by atoms with Gasteiger partial charge in [0.2, 0.25) is 5.91 Å². The van der Waals surface area contributed by atoms with Gasteiger partial charge in [-0.25, -0.2) is 0 Å². The van der Waals surface area contributed by atoms with Gasteiger partial charge in [0.1, 0.15) is 0 Å². The van der Waals surface area contributed by atoms with Crippen molar-refractivity contribution in [1.82, 2.24) is 10.6 Å². The van der Waals surface area contributed by atoms with Crippen molar-refractivity contribution in [3.63, 3.8) is 0 Å². The average Bonchev–Trinajstić information content (AvgIpc) is 2.11. The van der Waals surface area contributed by atoms with E-state index >= 15 is 0 Å². The molecular weight excluding hydrogens is 200 g/mol. The second kappa shape index (κ2) is 9.15. The molecule has 84 valence electrons. The van der Waals surface area contributed by atoms with Crippen LogP contribution >= 0.6 is 0 Å². The first kappa shape index (κ1) is 13.6. The quantitative estimate of drug-likeness (QED) is 0.560. The molecule has 14 heavy (non-hydrogen) atoms. The molecule has 0 rings (SSSR count). The normalized spacial score (nSPS) is 12.4. The molecule has 0 radical (unpaired) electrons. The van der Waals surface area contributed by atoms with Crippen molar-refractivity contribution in [2.75, 3.05) is 31.6 Å². The highest BCUT2D eigenvalue weighted by molar-refractivity contribution is 7.84. The summed E-state index contributed by atoms with van der Waals surface area (Å²) in [5, 5.41) is 5.86. The molecule has 0 bridgehead atoms. The van der Waals surface area contributed by atoms with Crippen LogP contribution < -0.4 is 10.6 Å². The van der Waals surface area contributed by atoms with E-state index in [2.05, 4.69) is 10.6 Å². The van der Waals surface area contributed by atoms with E-state index in [0.29, 0.717) is 19.5 Å². The fourth-order valence-corrected chi connectivity index (χ4v) is 1.56. The van der Waals surface area contributed by atoms with Crippen LogP contribution in [0.1, 0.15) is 19.8 Å². The van der Waals surface area contributed by atoms with E-state index in [0.717, 1.165) is 18.7 Å². The van der Waals surface area contributed by atoms with Gasteiger partial charge in [-0.1, -0.05) is 0 Å². The zero-order valence-corrected chi connectivity index (χ0v) is 9.78. The Kier molecular flexibility index (Phi) is 8.87. The van der Waals surface area contributed by atoms with Crippen molar-refractivity contribution in [2.24, 2.45) is 0 Å². The molecule has 1 unspecified atom stereocenters. The summed E-state index contributed by atoms with van der Waals surface area (Å²) >= 11 is 0. The van der Waals surface area contributed by atoms with Crippen molar-refractivity contribution < 1.29 is 9.00 Å². The summed E-state index contributed by atoms with van der Waals surface area (Å²) in [6.07, 6.45) is 3.12. The zero-order chi connectivity index (χ0) is 10.8. The predicted octanol–water partition coefficient (Wildman–Crippen LogP) is -0.129. The molecule has 0 spiro atoms. The number of hydrogen-bond donors (Lipinski definition) is 2. The van der Waals surface area contributed by atoms with Crippen LogP contribution in [0.15, 0.2) is 0 Å². The van der Waals surface area contributed by atoms with E-state index in [9.17, 15) is 9.00 Å². The number of carbonyl (C=O) groups is 1. The van der Waals surface area contributed by atoms with Gasteiger partial charge in [-0.05, 0) is 19.9 Å². The molecule has 0 heterocycles. The number of carbonyl (C=O) groups excluding carboxylic acids is 1. The summed E-state index contributed by atoms with van der Waals surface area (Å²) in [4.78, 5) is 11.0. The highest BCUT2D eigenvalue weighted by atomic mass is 32.2. The molecule has 0 aromatic rings. The van der Waals surface area contributed by atoms with Crippen molar-refractivity contribution in [2.45, 2.75) is 19.8 Å². The summed E-state index contributed by atoms with van der Waals surface area (Å²) in [6, 6.07) is 0. The maximum atomic E-state index is 11.0. The molecule has 4 nitrogen and oxygen atoms in total. The van der Waals surface area contributed by atoms with Gasteiger partial charge in [0, 0.05) is 42.3 Å². The molecule has 0 fully saturated rings. The van der Waals surface area contributed by atoms with Crippen LogP contribution in [-0.4, -0.2) is 41.8 Å². The van der Waals surface area contributed by atoms with Crippen LogP contribution in [0.25, 0.3) is 0 Å². The van der Waals surface area contributed by atoms with Gasteiger partial charge in [0.25, 0.3) is 0 Å². The van der Waals surface area contributed by atoms with Crippen molar-refractivity contribution >= 4 is 16.7 Å². The highest BCUT2D eigenvalue weighted by Crippen LogP contribution is 1.82. The number of nitrogens with one attached hydrogen (secondary N) is 2. The topological polar surface area (TPSA) is 58.2 Å². The van der Waals surface area contributed by atoms with Crippen molar-refractivity contribution in [3.8, 4) is 0 Å². The molecule has 1 amide bonds. The fraction of sp³-hybridized carbons (Fsp3) is 0.889. The maximum absolute atomic E-state index is 11.0. The van der Waals surface area contributed by atoms with Gasteiger partial charge in [-0.2, -0.15) is 0 Å². The summed E-state index contributed by atoms with van der Waals surface area (Å²) in [5.41, 5.74) is 0. The lowest BCUT2D eigenvalue weighted by atomic mass is 10.4. The van der Waals surface area contributed by atoms with Crippen molar-refractivity contribution in [3.05, 3.63) is 0 Å². The molecule has 0 aliphatic carbocycles. The van der Waals surface area contributed by atoms with Crippen LogP contribution in [0.2, 0.25) is 0 Å². The third-order valence-electron chi connectivity index (χ3n) is 1.69. The predicted molar refractivity (Wildman–Crippen MR) is 59.7 cm³/mol. The zero-order valence-electron chi connectivity index (χ0n) is 8.97. The number of amides is 1. The van der Waals surface area contributed by atoms with E-state index < -0.39 is 10.8 Å². The first-order valence-electron chi connectivity index (χ1n) is 4.94. The first-order chi connectivity index (χ1) is 6.66.